The number of methoxy groups -OCH3 is 1. The zero-order valence-electron chi connectivity index (χ0n) is 10.5. The summed E-state index contributed by atoms with van der Waals surface area (Å²) in [6.07, 6.45) is 0. The molecule has 6 heteroatoms. The highest BCUT2D eigenvalue weighted by Crippen LogP contribution is 2.30. The van der Waals surface area contributed by atoms with Crippen molar-refractivity contribution >= 4 is 44.5 Å². The van der Waals surface area contributed by atoms with Crippen LogP contribution in [0.15, 0.2) is 34.1 Å². The summed E-state index contributed by atoms with van der Waals surface area (Å²) < 4.78 is 6.04. The van der Waals surface area contributed by atoms with Crippen molar-refractivity contribution in [3.05, 3.63) is 39.0 Å². The molecule has 1 aromatic heterocycles. The van der Waals surface area contributed by atoms with Gasteiger partial charge < -0.3 is 15.4 Å². The first-order valence-electron chi connectivity index (χ1n) is 5.49. The molecule has 1 aromatic carbocycles. The number of carbonyl (C=O) groups is 1. The molecule has 0 aliphatic heterocycles. The SMILES string of the molecule is COc1ccsc1C(=O)N(C)c1ccc(Br)cc1N. The van der Waals surface area contributed by atoms with E-state index in [4.69, 9.17) is 10.5 Å². The number of hydrogen-bond donors (Lipinski definition) is 1. The lowest BCUT2D eigenvalue weighted by Crippen LogP contribution is -2.26. The van der Waals surface area contributed by atoms with E-state index in [2.05, 4.69) is 15.9 Å². The lowest BCUT2D eigenvalue weighted by atomic mass is 10.2. The number of hydrogen-bond acceptors (Lipinski definition) is 4. The van der Waals surface area contributed by atoms with Crippen LogP contribution < -0.4 is 15.4 Å². The van der Waals surface area contributed by atoms with E-state index in [0.29, 0.717) is 22.0 Å². The Hall–Kier alpha value is -1.53. The van der Waals surface area contributed by atoms with Gasteiger partial charge in [0.25, 0.3) is 5.91 Å². The van der Waals surface area contributed by atoms with Gasteiger partial charge in [-0.3, -0.25) is 4.79 Å². The smallest absolute Gasteiger partial charge is 0.271 e. The van der Waals surface area contributed by atoms with E-state index in [1.165, 1.54) is 16.2 Å². The van der Waals surface area contributed by atoms with Gasteiger partial charge in [0.2, 0.25) is 0 Å². The van der Waals surface area contributed by atoms with Crippen molar-refractivity contribution in [2.24, 2.45) is 0 Å². The molecular weight excluding hydrogens is 328 g/mol. The molecule has 1 amide bonds. The number of nitrogens with two attached hydrogens (primary N) is 1. The molecule has 4 nitrogen and oxygen atoms in total. The minimum absolute atomic E-state index is 0.138. The highest BCUT2D eigenvalue weighted by Gasteiger charge is 2.20. The van der Waals surface area contributed by atoms with Gasteiger partial charge in [0, 0.05) is 11.5 Å². The Bertz CT molecular complexity index is 612. The van der Waals surface area contributed by atoms with Crippen LogP contribution in [0.5, 0.6) is 5.75 Å². The first kappa shape index (κ1) is 13.9. The molecule has 0 saturated carbocycles. The van der Waals surface area contributed by atoms with Crippen LogP contribution in [0.2, 0.25) is 0 Å². The maximum absolute atomic E-state index is 12.4. The standard InChI is InChI=1S/C13H13BrN2O2S/c1-16(10-4-3-8(14)7-9(10)15)13(17)12-11(18-2)5-6-19-12/h3-7H,15H2,1-2H3. The molecule has 0 saturated heterocycles. The number of ether oxygens (including phenoxy) is 1. The van der Waals surface area contributed by atoms with Crippen LogP contribution in [0.3, 0.4) is 0 Å². The number of halogens is 1. The molecule has 0 fully saturated rings. The van der Waals surface area contributed by atoms with Gasteiger partial charge in [-0.1, -0.05) is 15.9 Å². The summed E-state index contributed by atoms with van der Waals surface area (Å²) in [5, 5.41) is 1.82. The van der Waals surface area contributed by atoms with E-state index in [-0.39, 0.29) is 5.91 Å². The van der Waals surface area contributed by atoms with Crippen LogP contribution in [-0.2, 0) is 0 Å². The Morgan fingerprint density at radius 1 is 1.42 bits per heavy atom. The van der Waals surface area contributed by atoms with Crippen LogP contribution in [0.25, 0.3) is 0 Å². The van der Waals surface area contributed by atoms with Crippen molar-refractivity contribution in [1.82, 2.24) is 0 Å². The summed E-state index contributed by atoms with van der Waals surface area (Å²) in [6.45, 7) is 0. The number of rotatable bonds is 3. The molecular formula is C13H13BrN2O2S. The fourth-order valence-electron chi connectivity index (χ4n) is 1.71. The molecule has 0 aliphatic carbocycles. The summed E-state index contributed by atoms with van der Waals surface area (Å²) >= 11 is 4.69. The third kappa shape index (κ3) is 2.74. The number of anilines is 2. The highest BCUT2D eigenvalue weighted by atomic mass is 79.9. The van der Waals surface area contributed by atoms with Gasteiger partial charge in [-0.05, 0) is 29.6 Å². The van der Waals surface area contributed by atoms with Gasteiger partial charge in [0.15, 0.2) is 0 Å². The minimum atomic E-state index is -0.138. The number of benzene rings is 1. The van der Waals surface area contributed by atoms with Crippen LogP contribution in [0, 0.1) is 0 Å². The van der Waals surface area contributed by atoms with Crippen LogP contribution in [0.4, 0.5) is 11.4 Å². The van der Waals surface area contributed by atoms with Crippen molar-refractivity contribution in [2.75, 3.05) is 24.8 Å². The zero-order valence-corrected chi connectivity index (χ0v) is 12.9. The van der Waals surface area contributed by atoms with Gasteiger partial charge in [-0.2, -0.15) is 0 Å². The van der Waals surface area contributed by atoms with Crippen molar-refractivity contribution < 1.29 is 9.53 Å². The molecule has 0 atom stereocenters. The van der Waals surface area contributed by atoms with E-state index in [9.17, 15) is 4.79 Å². The molecule has 0 bridgehead atoms. The first-order chi connectivity index (χ1) is 9.04. The van der Waals surface area contributed by atoms with Gasteiger partial charge >= 0.3 is 0 Å². The normalized spacial score (nSPS) is 10.3. The third-order valence-corrected chi connectivity index (χ3v) is 4.08. The van der Waals surface area contributed by atoms with Crippen molar-refractivity contribution in [1.29, 1.82) is 0 Å². The topological polar surface area (TPSA) is 55.6 Å². The Morgan fingerprint density at radius 2 is 2.16 bits per heavy atom. The number of nitrogen functional groups attached to an aromatic ring is 1. The molecule has 0 spiro atoms. The van der Waals surface area contributed by atoms with Gasteiger partial charge in [0.1, 0.15) is 10.6 Å². The number of carbonyl (C=O) groups excluding carboxylic acids is 1. The molecule has 0 unspecified atom stereocenters. The summed E-state index contributed by atoms with van der Waals surface area (Å²) in [4.78, 5) is 14.5. The molecule has 19 heavy (non-hydrogen) atoms. The molecule has 2 N–H and O–H groups in total. The van der Waals surface area contributed by atoms with Crippen LogP contribution in [-0.4, -0.2) is 20.1 Å². The quantitative estimate of drug-likeness (QED) is 0.871. The Balaban J connectivity index is 2.33. The molecule has 2 rings (SSSR count). The van der Waals surface area contributed by atoms with E-state index in [1.807, 2.05) is 11.4 Å². The lowest BCUT2D eigenvalue weighted by Gasteiger charge is -2.19. The molecule has 0 aliphatic rings. The number of thiophene rings is 1. The zero-order chi connectivity index (χ0) is 14.0. The second-order valence-electron chi connectivity index (χ2n) is 3.89. The molecule has 2 aromatic rings. The van der Waals surface area contributed by atoms with Crippen molar-refractivity contribution in [2.45, 2.75) is 0 Å². The van der Waals surface area contributed by atoms with Crippen molar-refractivity contribution in [3.8, 4) is 5.75 Å². The van der Waals surface area contributed by atoms with Crippen LogP contribution in [0.1, 0.15) is 9.67 Å². The Labute approximate surface area is 123 Å². The van der Waals surface area contributed by atoms with Gasteiger partial charge in [0.05, 0.1) is 18.5 Å². The largest absolute Gasteiger partial charge is 0.495 e. The maximum Gasteiger partial charge on any atom is 0.271 e. The van der Waals surface area contributed by atoms with E-state index >= 15 is 0 Å². The fourth-order valence-corrected chi connectivity index (χ4v) is 2.92. The highest BCUT2D eigenvalue weighted by molar-refractivity contribution is 9.10. The second kappa shape index (κ2) is 5.63. The number of amides is 1. The molecule has 0 radical (unpaired) electrons. The summed E-state index contributed by atoms with van der Waals surface area (Å²) in [5.41, 5.74) is 7.14. The van der Waals surface area contributed by atoms with Crippen LogP contribution >= 0.6 is 27.3 Å². The van der Waals surface area contributed by atoms with Gasteiger partial charge in [-0.15, -0.1) is 11.3 Å². The van der Waals surface area contributed by atoms with Gasteiger partial charge in [-0.25, -0.2) is 0 Å². The Morgan fingerprint density at radius 3 is 2.79 bits per heavy atom. The number of nitrogens with zero attached hydrogens (tertiary/aromatic N) is 1. The summed E-state index contributed by atoms with van der Waals surface area (Å²) in [7, 11) is 3.24. The third-order valence-electron chi connectivity index (χ3n) is 2.70. The summed E-state index contributed by atoms with van der Waals surface area (Å²) in [6, 6.07) is 7.19. The van der Waals surface area contributed by atoms with Crippen molar-refractivity contribution in [3.63, 3.8) is 0 Å². The second-order valence-corrected chi connectivity index (χ2v) is 5.72. The summed E-state index contributed by atoms with van der Waals surface area (Å²) in [5.74, 6) is 0.443. The predicted octanol–water partition coefficient (Wildman–Crippen LogP) is 3.38. The minimum Gasteiger partial charge on any atom is -0.495 e. The first-order valence-corrected chi connectivity index (χ1v) is 7.16. The Kier molecular flexibility index (Phi) is 4.11. The lowest BCUT2D eigenvalue weighted by molar-refractivity contribution is 0.0994. The van der Waals surface area contributed by atoms with E-state index < -0.39 is 0 Å². The average Bonchev–Trinajstić information content (AvgIpc) is 2.85. The maximum atomic E-state index is 12.4. The molecule has 100 valence electrons. The van der Waals surface area contributed by atoms with E-state index in [0.717, 1.165) is 4.47 Å². The monoisotopic (exact) mass is 340 g/mol. The average molecular weight is 341 g/mol. The fraction of sp³-hybridized carbons (Fsp3) is 0.154. The predicted molar refractivity (Wildman–Crippen MR) is 82.2 cm³/mol. The molecule has 1 heterocycles. The van der Waals surface area contributed by atoms with E-state index in [1.54, 1.807) is 32.4 Å².